The second-order valence-electron chi connectivity index (χ2n) is 12.3. The number of halogens is 1. The van der Waals surface area contributed by atoms with Gasteiger partial charge in [-0.1, -0.05) is 81.2 Å². The molecule has 8 atom stereocenters. The van der Waals surface area contributed by atoms with E-state index in [4.69, 9.17) is 4.74 Å². The summed E-state index contributed by atoms with van der Waals surface area (Å²) in [6.45, 7) is 10.1. The van der Waals surface area contributed by atoms with Crippen molar-refractivity contribution in [3.63, 3.8) is 0 Å². The molecule has 0 aromatic rings. The molecule has 0 aromatic heterocycles. The van der Waals surface area contributed by atoms with E-state index in [2.05, 4.69) is 56.4 Å². The third kappa shape index (κ3) is 3.97. The predicted molar refractivity (Wildman–Crippen MR) is 137 cm³/mol. The lowest BCUT2D eigenvalue weighted by molar-refractivity contribution is -0.0577. The van der Waals surface area contributed by atoms with Crippen molar-refractivity contribution < 1.29 is 4.74 Å². The van der Waals surface area contributed by atoms with E-state index >= 15 is 0 Å². The van der Waals surface area contributed by atoms with Crippen LogP contribution in [0.5, 0.6) is 0 Å². The van der Waals surface area contributed by atoms with Gasteiger partial charge in [-0.2, -0.15) is 0 Å². The van der Waals surface area contributed by atoms with Crippen LogP contribution in [0.1, 0.15) is 98.3 Å². The highest BCUT2D eigenvalue weighted by Crippen LogP contribution is 2.67. The molecule has 1 nitrogen and oxygen atoms in total. The van der Waals surface area contributed by atoms with Gasteiger partial charge in [-0.15, -0.1) is 0 Å². The summed E-state index contributed by atoms with van der Waals surface area (Å²) in [6, 6.07) is 0. The molecule has 3 saturated carbocycles. The molecule has 0 N–H and O–H groups in total. The van der Waals surface area contributed by atoms with Crippen LogP contribution >= 0.6 is 22.6 Å². The number of allylic oxidation sites excluding steroid dienone is 1. The highest BCUT2D eigenvalue weighted by Gasteiger charge is 2.59. The fraction of sp³-hybridized carbons (Fsp3) is 0.929. The molecule has 0 aromatic carbocycles. The van der Waals surface area contributed by atoms with Crippen LogP contribution in [0.25, 0.3) is 0 Å². The third-order valence-electron chi connectivity index (χ3n) is 10.6. The molecule has 0 heterocycles. The summed E-state index contributed by atoms with van der Waals surface area (Å²) in [4.78, 5) is 0. The van der Waals surface area contributed by atoms with E-state index in [0.29, 0.717) is 16.9 Å². The Morgan fingerprint density at radius 3 is 2.57 bits per heavy atom. The fourth-order valence-corrected chi connectivity index (χ4v) is 10.3. The normalized spacial score (nSPS) is 44.2. The molecule has 3 fully saturated rings. The Hall–Kier alpha value is 0.430. The Balaban J connectivity index is 1.51. The second-order valence-corrected chi connectivity index (χ2v) is 13.0. The minimum Gasteiger partial charge on any atom is -0.381 e. The summed E-state index contributed by atoms with van der Waals surface area (Å²) in [5.74, 6) is 5.63. The first-order valence-electron chi connectivity index (χ1n) is 13.1. The van der Waals surface area contributed by atoms with E-state index in [-0.39, 0.29) is 0 Å². The van der Waals surface area contributed by atoms with Crippen LogP contribution in [0, 0.1) is 46.3 Å². The average Bonchev–Trinajstić information content (AvgIpc) is 3.09. The van der Waals surface area contributed by atoms with E-state index in [1.54, 1.807) is 5.57 Å². The summed E-state index contributed by atoms with van der Waals surface area (Å²) in [6.07, 6.45) is 18.7. The second kappa shape index (κ2) is 9.35. The molecule has 0 spiro atoms. The van der Waals surface area contributed by atoms with Crippen LogP contribution < -0.4 is 0 Å². The highest BCUT2D eigenvalue weighted by atomic mass is 127. The predicted octanol–water partition coefficient (Wildman–Crippen LogP) is 8.46. The van der Waals surface area contributed by atoms with Crippen molar-refractivity contribution in [2.24, 2.45) is 46.3 Å². The molecule has 2 heteroatoms. The van der Waals surface area contributed by atoms with Gasteiger partial charge in [0, 0.05) is 17.0 Å². The van der Waals surface area contributed by atoms with E-state index < -0.39 is 0 Å². The van der Waals surface area contributed by atoms with Gasteiger partial charge >= 0.3 is 0 Å². The number of rotatable bonds is 7. The molecule has 0 aliphatic heterocycles. The Kier molecular flexibility index (Phi) is 7.35. The van der Waals surface area contributed by atoms with E-state index in [0.717, 1.165) is 35.5 Å². The van der Waals surface area contributed by atoms with Gasteiger partial charge < -0.3 is 4.74 Å². The standard InChI is InChI=1S/C28H47IO/c1-19(2)7-6-8-20(3)24-11-12-25-23-10-9-21-17-22(30-5)13-16-28(21,18-29)26(23)14-15-27(24,25)4/h9,19-20,22-26H,6-8,10-18H2,1-5H3/t20-,22?,23+,24-,25+,26+,27-,28-/m1/s1. The van der Waals surface area contributed by atoms with Gasteiger partial charge in [-0.3, -0.25) is 0 Å². The zero-order chi connectivity index (χ0) is 21.5. The highest BCUT2D eigenvalue weighted by molar-refractivity contribution is 14.1. The smallest absolute Gasteiger partial charge is 0.0609 e. The first-order chi connectivity index (χ1) is 14.4. The van der Waals surface area contributed by atoms with Gasteiger partial charge in [0.25, 0.3) is 0 Å². The molecular formula is C28H47IO. The molecule has 0 bridgehead atoms. The quantitative estimate of drug-likeness (QED) is 0.184. The van der Waals surface area contributed by atoms with Crippen LogP contribution in [0.4, 0.5) is 0 Å². The molecule has 0 amide bonds. The minimum atomic E-state index is 0.472. The van der Waals surface area contributed by atoms with Gasteiger partial charge in [-0.25, -0.2) is 0 Å². The first-order valence-corrected chi connectivity index (χ1v) is 14.7. The third-order valence-corrected chi connectivity index (χ3v) is 11.9. The number of hydrogen-bond donors (Lipinski definition) is 0. The Morgan fingerprint density at radius 2 is 1.87 bits per heavy atom. The molecule has 172 valence electrons. The number of ether oxygens (including phenoxy) is 1. The lowest BCUT2D eigenvalue weighted by Gasteiger charge is -2.59. The summed E-state index contributed by atoms with van der Waals surface area (Å²) >= 11 is 2.74. The van der Waals surface area contributed by atoms with E-state index in [1.807, 2.05) is 7.11 Å². The van der Waals surface area contributed by atoms with Crippen LogP contribution in [-0.2, 0) is 4.74 Å². The van der Waals surface area contributed by atoms with Gasteiger partial charge in [0.05, 0.1) is 6.10 Å². The molecule has 4 aliphatic carbocycles. The Morgan fingerprint density at radius 1 is 1.07 bits per heavy atom. The lowest BCUT2D eigenvalue weighted by atomic mass is 9.47. The maximum absolute atomic E-state index is 5.80. The SMILES string of the molecule is COC1CC[C@@]2(CI)C(=CC[C@@H]3[C@@H]2CC[C@]2(C)[C@@H]([C@H](C)CCCC(C)C)CC[C@@H]32)C1. The number of alkyl halides is 1. The number of fused-ring (bicyclic) bond motifs is 5. The molecule has 30 heavy (non-hydrogen) atoms. The topological polar surface area (TPSA) is 9.23 Å². The molecule has 0 saturated heterocycles. The van der Waals surface area contributed by atoms with Crippen LogP contribution in [0.3, 0.4) is 0 Å². The van der Waals surface area contributed by atoms with Gasteiger partial charge in [0.15, 0.2) is 0 Å². The molecular weight excluding hydrogens is 479 g/mol. The monoisotopic (exact) mass is 526 g/mol. The summed E-state index contributed by atoms with van der Waals surface area (Å²) in [5.41, 5.74) is 2.90. The first kappa shape index (κ1) is 23.6. The summed E-state index contributed by atoms with van der Waals surface area (Å²) in [7, 11) is 1.92. The minimum absolute atomic E-state index is 0.472. The van der Waals surface area contributed by atoms with E-state index in [1.165, 1.54) is 75.1 Å². The van der Waals surface area contributed by atoms with Crippen molar-refractivity contribution in [1.82, 2.24) is 0 Å². The van der Waals surface area contributed by atoms with Crippen molar-refractivity contribution >= 4 is 22.6 Å². The van der Waals surface area contributed by atoms with Crippen LogP contribution in [-0.4, -0.2) is 17.6 Å². The zero-order valence-corrected chi connectivity index (χ0v) is 22.5. The molecule has 4 aliphatic rings. The van der Waals surface area contributed by atoms with Crippen molar-refractivity contribution in [1.29, 1.82) is 0 Å². The van der Waals surface area contributed by atoms with Crippen molar-refractivity contribution in [3.8, 4) is 0 Å². The van der Waals surface area contributed by atoms with E-state index in [9.17, 15) is 0 Å². The van der Waals surface area contributed by atoms with Gasteiger partial charge in [0.2, 0.25) is 0 Å². The Labute approximate surface area is 200 Å². The Bertz CT molecular complexity index is 626. The van der Waals surface area contributed by atoms with Gasteiger partial charge in [0.1, 0.15) is 0 Å². The fourth-order valence-electron chi connectivity index (χ4n) is 8.90. The summed E-state index contributed by atoms with van der Waals surface area (Å²) < 4.78 is 7.12. The molecule has 4 rings (SSSR count). The number of hydrogen-bond acceptors (Lipinski definition) is 1. The maximum Gasteiger partial charge on any atom is 0.0609 e. The zero-order valence-electron chi connectivity index (χ0n) is 20.4. The molecule has 0 radical (unpaired) electrons. The largest absolute Gasteiger partial charge is 0.381 e. The molecule has 1 unspecified atom stereocenters. The number of methoxy groups -OCH3 is 1. The van der Waals surface area contributed by atoms with Crippen molar-refractivity contribution in [2.75, 3.05) is 11.5 Å². The lowest BCUT2D eigenvalue weighted by Crippen LogP contribution is -2.52. The average molecular weight is 527 g/mol. The van der Waals surface area contributed by atoms with Crippen molar-refractivity contribution in [3.05, 3.63) is 11.6 Å². The maximum atomic E-state index is 5.80. The summed E-state index contributed by atoms with van der Waals surface area (Å²) in [5, 5.41) is 0. The van der Waals surface area contributed by atoms with Crippen molar-refractivity contribution in [2.45, 2.75) is 104 Å². The van der Waals surface area contributed by atoms with Gasteiger partial charge in [-0.05, 0) is 92.3 Å². The van der Waals surface area contributed by atoms with Crippen LogP contribution in [0.15, 0.2) is 11.6 Å². The van der Waals surface area contributed by atoms with Crippen LogP contribution in [0.2, 0.25) is 0 Å².